The van der Waals surface area contributed by atoms with Crippen LogP contribution in [-0.2, 0) is 4.79 Å². The van der Waals surface area contributed by atoms with Crippen LogP contribution in [0.2, 0.25) is 0 Å². The van der Waals surface area contributed by atoms with Crippen molar-refractivity contribution in [2.24, 2.45) is 0 Å². The molecule has 0 unspecified atom stereocenters. The number of benzene rings is 2. The quantitative estimate of drug-likeness (QED) is 0.346. The van der Waals surface area contributed by atoms with Crippen LogP contribution in [0.25, 0.3) is 0 Å². The number of amides is 1. The lowest BCUT2D eigenvalue weighted by atomic mass is 9.94. The largest absolute Gasteiger partial charge is 0.502 e. The molecule has 1 aliphatic heterocycles. The number of rotatable bonds is 4. The second-order valence-corrected chi connectivity index (χ2v) is 7.24. The highest BCUT2D eigenvalue weighted by Gasteiger charge is 2.31. The lowest BCUT2D eigenvalue weighted by Gasteiger charge is -2.30. The second kappa shape index (κ2) is 7.88. The molecule has 0 bridgehead atoms. The van der Waals surface area contributed by atoms with Crippen molar-refractivity contribution in [1.82, 2.24) is 10.6 Å². The molecular formula is C20H20N4O4S. The molecule has 8 nitrogen and oxygen atoms in total. The van der Waals surface area contributed by atoms with Gasteiger partial charge in [0.1, 0.15) is 0 Å². The van der Waals surface area contributed by atoms with Crippen LogP contribution in [0.3, 0.4) is 0 Å². The van der Waals surface area contributed by atoms with Gasteiger partial charge >= 0.3 is 5.69 Å². The number of nitrogens with one attached hydrogen (secondary N) is 3. The fourth-order valence-corrected chi connectivity index (χ4v) is 3.40. The summed E-state index contributed by atoms with van der Waals surface area (Å²) in [4.78, 5) is 23.6. The van der Waals surface area contributed by atoms with E-state index in [0.717, 1.165) is 11.1 Å². The van der Waals surface area contributed by atoms with Crippen LogP contribution < -0.4 is 16.0 Å². The third-order valence-electron chi connectivity index (χ3n) is 4.81. The third-order valence-corrected chi connectivity index (χ3v) is 5.03. The maximum atomic E-state index is 13.1. The number of phenolic OH excluding ortho intramolecular Hbond substituents is 1. The third kappa shape index (κ3) is 4.19. The average Bonchev–Trinajstić information content (AvgIpc) is 2.64. The van der Waals surface area contributed by atoms with E-state index in [1.807, 2.05) is 32.0 Å². The summed E-state index contributed by atoms with van der Waals surface area (Å²) in [6, 6.07) is 8.87. The summed E-state index contributed by atoms with van der Waals surface area (Å²) in [5, 5.41) is 30.0. The van der Waals surface area contributed by atoms with E-state index < -0.39 is 22.4 Å². The smallest absolute Gasteiger partial charge is 0.311 e. The molecule has 0 spiro atoms. The number of nitrogens with zero attached hydrogens (tertiary/aromatic N) is 1. The van der Waals surface area contributed by atoms with E-state index in [0.29, 0.717) is 27.6 Å². The van der Waals surface area contributed by atoms with Crippen LogP contribution in [0.4, 0.5) is 11.4 Å². The maximum Gasteiger partial charge on any atom is 0.311 e. The predicted molar refractivity (Wildman–Crippen MR) is 114 cm³/mol. The van der Waals surface area contributed by atoms with E-state index in [2.05, 4.69) is 16.0 Å². The summed E-state index contributed by atoms with van der Waals surface area (Å²) in [6.45, 7) is 5.65. The zero-order valence-corrected chi connectivity index (χ0v) is 16.9. The Kier molecular flexibility index (Phi) is 5.51. The molecule has 1 aliphatic rings. The van der Waals surface area contributed by atoms with Crippen LogP contribution in [-0.4, -0.2) is 21.0 Å². The minimum absolute atomic E-state index is 0.297. The van der Waals surface area contributed by atoms with E-state index in [-0.39, 0.29) is 5.91 Å². The number of aryl methyl sites for hydroxylation is 2. The molecule has 1 heterocycles. The molecule has 0 radical (unpaired) electrons. The lowest BCUT2D eigenvalue weighted by molar-refractivity contribution is -0.385. The molecule has 0 aromatic heterocycles. The Labute approximate surface area is 172 Å². The summed E-state index contributed by atoms with van der Waals surface area (Å²) in [5.41, 5.74) is 3.66. The summed E-state index contributed by atoms with van der Waals surface area (Å²) < 4.78 is 0. The number of nitro groups is 1. The molecule has 0 fully saturated rings. The molecule has 4 N–H and O–H groups in total. The van der Waals surface area contributed by atoms with E-state index in [1.54, 1.807) is 6.92 Å². The van der Waals surface area contributed by atoms with Crippen LogP contribution in [0.1, 0.15) is 29.7 Å². The molecule has 1 atom stereocenters. The van der Waals surface area contributed by atoms with E-state index in [1.165, 1.54) is 18.2 Å². The van der Waals surface area contributed by atoms with Crippen LogP contribution in [0, 0.1) is 24.0 Å². The molecule has 0 aliphatic carbocycles. The van der Waals surface area contributed by atoms with Gasteiger partial charge in [-0.05, 0) is 67.9 Å². The van der Waals surface area contributed by atoms with Crippen molar-refractivity contribution in [2.45, 2.75) is 26.8 Å². The first-order chi connectivity index (χ1) is 13.7. The normalized spacial score (nSPS) is 16.1. The van der Waals surface area contributed by atoms with Gasteiger partial charge in [0.15, 0.2) is 10.9 Å². The molecule has 9 heteroatoms. The number of carbonyl (C=O) groups is 1. The Morgan fingerprint density at radius 1 is 1.17 bits per heavy atom. The summed E-state index contributed by atoms with van der Waals surface area (Å²) >= 11 is 5.20. The molecule has 1 amide bonds. The Hall–Kier alpha value is -3.46. The Morgan fingerprint density at radius 3 is 2.55 bits per heavy atom. The van der Waals surface area contributed by atoms with Gasteiger partial charge in [-0.2, -0.15) is 0 Å². The standard InChI is InChI=1S/C20H20N4O4S/c1-10-4-6-14(8-11(10)2)22-19(26)17-12(3)21-20(29)23-18(17)13-5-7-16(25)15(9-13)24(27)28/h4-9,18,25H,1-3H3,(H,22,26)(H2,21,23,29)/t18-/m1/s1. The maximum absolute atomic E-state index is 13.1. The Morgan fingerprint density at radius 2 is 1.90 bits per heavy atom. The molecule has 2 aromatic carbocycles. The van der Waals surface area contributed by atoms with Crippen LogP contribution in [0.5, 0.6) is 5.75 Å². The highest BCUT2D eigenvalue weighted by Crippen LogP contribution is 2.33. The highest BCUT2D eigenvalue weighted by molar-refractivity contribution is 7.80. The number of thiocarbonyl (C=S) groups is 1. The average molecular weight is 412 g/mol. The van der Waals surface area contributed by atoms with Crippen LogP contribution >= 0.6 is 12.2 Å². The van der Waals surface area contributed by atoms with Crippen LogP contribution in [0.15, 0.2) is 47.7 Å². The molecule has 0 saturated carbocycles. The minimum Gasteiger partial charge on any atom is -0.502 e. The monoisotopic (exact) mass is 412 g/mol. The van der Waals surface area contributed by atoms with Crippen molar-refractivity contribution in [3.8, 4) is 5.75 Å². The fourth-order valence-electron chi connectivity index (χ4n) is 3.13. The fraction of sp³-hybridized carbons (Fsp3) is 0.200. The molecule has 0 saturated heterocycles. The van der Waals surface area contributed by atoms with Gasteiger partial charge in [0.25, 0.3) is 5.91 Å². The van der Waals surface area contributed by atoms with Gasteiger partial charge in [0.05, 0.1) is 16.5 Å². The zero-order valence-electron chi connectivity index (χ0n) is 16.1. The number of phenols is 1. The summed E-state index contributed by atoms with van der Waals surface area (Å²) in [5.74, 6) is -0.814. The molecule has 29 heavy (non-hydrogen) atoms. The lowest BCUT2D eigenvalue weighted by Crippen LogP contribution is -2.45. The van der Waals surface area contributed by atoms with Crippen molar-refractivity contribution >= 4 is 34.6 Å². The Balaban J connectivity index is 2.00. The first-order valence-electron chi connectivity index (χ1n) is 8.81. The first kappa shape index (κ1) is 20.3. The number of hydrogen-bond donors (Lipinski definition) is 4. The number of carbonyl (C=O) groups excluding carboxylic acids is 1. The van der Waals surface area contributed by atoms with Gasteiger partial charge in [-0.15, -0.1) is 0 Å². The number of hydrogen-bond acceptors (Lipinski definition) is 5. The number of allylic oxidation sites excluding steroid dienone is 1. The summed E-state index contributed by atoms with van der Waals surface area (Å²) in [6.07, 6.45) is 0. The highest BCUT2D eigenvalue weighted by atomic mass is 32.1. The number of aromatic hydroxyl groups is 1. The van der Waals surface area contributed by atoms with E-state index in [4.69, 9.17) is 12.2 Å². The molecular weight excluding hydrogens is 392 g/mol. The predicted octanol–water partition coefficient (Wildman–Crippen LogP) is 3.35. The van der Waals surface area contributed by atoms with E-state index >= 15 is 0 Å². The van der Waals surface area contributed by atoms with Crippen molar-refractivity contribution in [2.75, 3.05) is 5.32 Å². The van der Waals surface area contributed by atoms with Gasteiger partial charge < -0.3 is 21.1 Å². The van der Waals surface area contributed by atoms with Gasteiger partial charge in [-0.3, -0.25) is 14.9 Å². The molecule has 3 rings (SSSR count). The van der Waals surface area contributed by atoms with E-state index in [9.17, 15) is 20.0 Å². The topological polar surface area (TPSA) is 117 Å². The van der Waals surface area contributed by atoms with Gasteiger partial charge in [-0.25, -0.2) is 0 Å². The Bertz CT molecular complexity index is 1060. The zero-order chi connectivity index (χ0) is 21.3. The summed E-state index contributed by atoms with van der Waals surface area (Å²) in [7, 11) is 0. The SMILES string of the molecule is CC1=C(C(=O)Nc2ccc(C)c(C)c2)[C@@H](c2ccc(O)c([N+](=O)[O-])c2)NC(=S)N1. The van der Waals surface area contributed by atoms with Crippen molar-refractivity contribution < 1.29 is 14.8 Å². The van der Waals surface area contributed by atoms with Crippen molar-refractivity contribution in [3.63, 3.8) is 0 Å². The number of anilines is 1. The van der Waals surface area contributed by atoms with Gasteiger partial charge in [-0.1, -0.05) is 12.1 Å². The molecule has 150 valence electrons. The van der Waals surface area contributed by atoms with Gasteiger partial charge in [0.2, 0.25) is 0 Å². The van der Waals surface area contributed by atoms with Crippen molar-refractivity contribution in [1.29, 1.82) is 0 Å². The van der Waals surface area contributed by atoms with Gasteiger partial charge in [0, 0.05) is 17.5 Å². The second-order valence-electron chi connectivity index (χ2n) is 6.83. The first-order valence-corrected chi connectivity index (χ1v) is 9.22. The van der Waals surface area contributed by atoms with Crippen molar-refractivity contribution in [3.05, 3.63) is 74.5 Å². The molecule has 2 aromatic rings. The number of nitro benzene ring substituents is 1. The minimum atomic E-state index is -0.713.